The summed E-state index contributed by atoms with van der Waals surface area (Å²) >= 11 is 0. The van der Waals surface area contributed by atoms with Crippen molar-refractivity contribution in [2.24, 2.45) is 0 Å². The highest BCUT2D eigenvalue weighted by atomic mass is 32.2. The number of sulfone groups is 1. The molecule has 0 saturated carbocycles. The minimum absolute atomic E-state index is 0.335. The Morgan fingerprint density at radius 3 is 2.57 bits per heavy atom. The van der Waals surface area contributed by atoms with Crippen molar-refractivity contribution in [1.82, 2.24) is 19.5 Å². The number of nitrogens with zero attached hydrogens (tertiary/aromatic N) is 5. The first-order chi connectivity index (χ1) is 16.9. The standard InChI is InChI=1S/C26H30N6O2S/c1-30-13-15-31(16-14-30)22-9-5-7-20(17-22)18-25-28-26-23(10-6-12-32(26)29-25)27-19-21-8-3-4-11-24(21)35(2,33)34/h3-12,17,27H,13-16,18-19H2,1-2H3. The number of piperazine rings is 1. The first kappa shape index (κ1) is 23.3. The van der Waals surface area contributed by atoms with Gasteiger partial charge in [-0.2, -0.15) is 5.10 Å². The Kier molecular flexibility index (Phi) is 6.44. The molecule has 3 heterocycles. The Labute approximate surface area is 206 Å². The first-order valence-corrected chi connectivity index (χ1v) is 13.6. The molecule has 182 valence electrons. The van der Waals surface area contributed by atoms with Gasteiger partial charge in [-0.05, 0) is 48.5 Å². The summed E-state index contributed by atoms with van der Waals surface area (Å²) in [5.74, 6) is 0.742. The second kappa shape index (κ2) is 9.67. The quantitative estimate of drug-likeness (QED) is 0.426. The Bertz CT molecular complexity index is 1440. The number of rotatable bonds is 7. The van der Waals surface area contributed by atoms with Gasteiger partial charge in [-0.1, -0.05) is 30.3 Å². The molecule has 1 saturated heterocycles. The van der Waals surface area contributed by atoms with Crippen LogP contribution in [-0.2, 0) is 22.8 Å². The van der Waals surface area contributed by atoms with Gasteiger partial charge < -0.3 is 15.1 Å². The van der Waals surface area contributed by atoms with Crippen LogP contribution in [0, 0.1) is 0 Å². The van der Waals surface area contributed by atoms with Crippen LogP contribution < -0.4 is 10.2 Å². The average Bonchev–Trinajstić information content (AvgIpc) is 3.26. The van der Waals surface area contributed by atoms with Gasteiger partial charge in [0.25, 0.3) is 0 Å². The van der Waals surface area contributed by atoms with Crippen LogP contribution in [-0.4, -0.2) is 67.4 Å². The predicted octanol–water partition coefficient (Wildman–Crippen LogP) is 3.09. The van der Waals surface area contributed by atoms with Crippen molar-refractivity contribution in [3.63, 3.8) is 0 Å². The average molecular weight is 491 g/mol. The van der Waals surface area contributed by atoms with Crippen molar-refractivity contribution in [2.45, 2.75) is 17.9 Å². The van der Waals surface area contributed by atoms with Crippen LogP contribution in [0.1, 0.15) is 17.0 Å². The number of fused-ring (bicyclic) bond motifs is 1. The van der Waals surface area contributed by atoms with Gasteiger partial charge in [-0.3, -0.25) is 0 Å². The summed E-state index contributed by atoms with van der Waals surface area (Å²) in [6.07, 6.45) is 3.75. The van der Waals surface area contributed by atoms with Crippen LogP contribution in [0.3, 0.4) is 0 Å². The van der Waals surface area contributed by atoms with Crippen LogP contribution >= 0.6 is 0 Å². The SMILES string of the molecule is CN1CCN(c2cccc(Cc3nc4c(NCc5ccccc5S(C)(=O)=O)cccn4n3)c2)CC1. The molecule has 1 fully saturated rings. The summed E-state index contributed by atoms with van der Waals surface area (Å²) in [5, 5.41) is 8.03. The Morgan fingerprint density at radius 2 is 1.77 bits per heavy atom. The van der Waals surface area contributed by atoms with Crippen LogP contribution in [0.25, 0.3) is 5.65 Å². The van der Waals surface area contributed by atoms with Crippen LogP contribution in [0.4, 0.5) is 11.4 Å². The van der Waals surface area contributed by atoms with Crippen LogP contribution in [0.5, 0.6) is 0 Å². The molecule has 8 nitrogen and oxygen atoms in total. The second-order valence-electron chi connectivity index (χ2n) is 9.09. The number of anilines is 2. The monoisotopic (exact) mass is 490 g/mol. The van der Waals surface area contributed by atoms with E-state index in [1.54, 1.807) is 16.6 Å². The third kappa shape index (κ3) is 5.31. The lowest BCUT2D eigenvalue weighted by atomic mass is 10.1. The maximum atomic E-state index is 12.1. The highest BCUT2D eigenvalue weighted by molar-refractivity contribution is 7.90. The molecule has 35 heavy (non-hydrogen) atoms. The summed E-state index contributed by atoms with van der Waals surface area (Å²) in [4.78, 5) is 9.91. The molecule has 1 N–H and O–H groups in total. The summed E-state index contributed by atoms with van der Waals surface area (Å²) < 4.78 is 26.0. The van der Waals surface area contributed by atoms with Gasteiger partial charge in [-0.25, -0.2) is 17.9 Å². The topological polar surface area (TPSA) is 82.8 Å². The normalized spacial score (nSPS) is 15.0. The van der Waals surface area contributed by atoms with E-state index in [1.807, 2.05) is 30.5 Å². The van der Waals surface area contributed by atoms with Crippen molar-refractivity contribution in [3.05, 3.63) is 83.8 Å². The number of aromatic nitrogens is 3. The van der Waals surface area contributed by atoms with E-state index >= 15 is 0 Å². The third-order valence-corrected chi connectivity index (χ3v) is 7.59. The lowest BCUT2D eigenvalue weighted by Crippen LogP contribution is -2.44. The van der Waals surface area contributed by atoms with Crippen LogP contribution in [0.2, 0.25) is 0 Å². The molecule has 5 rings (SSSR count). The zero-order valence-electron chi connectivity index (χ0n) is 20.1. The molecule has 0 unspecified atom stereocenters. The van der Waals surface area contributed by atoms with Gasteiger partial charge in [0.1, 0.15) is 0 Å². The fourth-order valence-corrected chi connectivity index (χ4v) is 5.42. The molecule has 4 aromatic rings. The minimum Gasteiger partial charge on any atom is -0.378 e. The van der Waals surface area contributed by atoms with E-state index < -0.39 is 9.84 Å². The molecular weight excluding hydrogens is 460 g/mol. The fourth-order valence-electron chi connectivity index (χ4n) is 4.48. The van der Waals surface area contributed by atoms with E-state index in [9.17, 15) is 8.42 Å². The molecule has 0 radical (unpaired) electrons. The lowest BCUT2D eigenvalue weighted by molar-refractivity contribution is 0.313. The Balaban J connectivity index is 1.34. The van der Waals surface area contributed by atoms with Crippen molar-refractivity contribution >= 4 is 26.9 Å². The molecule has 1 aliphatic rings. The van der Waals surface area contributed by atoms with Crippen molar-refractivity contribution in [2.75, 3.05) is 49.7 Å². The molecule has 0 amide bonds. The van der Waals surface area contributed by atoms with Gasteiger partial charge in [0, 0.05) is 57.3 Å². The van der Waals surface area contributed by atoms with Crippen molar-refractivity contribution in [3.8, 4) is 0 Å². The van der Waals surface area contributed by atoms with E-state index in [1.165, 1.54) is 17.5 Å². The van der Waals surface area contributed by atoms with E-state index in [-0.39, 0.29) is 0 Å². The zero-order chi connectivity index (χ0) is 24.4. The lowest BCUT2D eigenvalue weighted by Gasteiger charge is -2.34. The molecular formula is C26H30N6O2S. The number of benzene rings is 2. The molecule has 0 spiro atoms. The number of likely N-dealkylation sites (N-methyl/N-ethyl adjacent to an activating group) is 1. The summed E-state index contributed by atoms with van der Waals surface area (Å²) in [5.41, 5.74) is 4.66. The number of pyridine rings is 1. The van der Waals surface area contributed by atoms with Crippen molar-refractivity contribution in [1.29, 1.82) is 0 Å². The van der Waals surface area contributed by atoms with Gasteiger partial charge >= 0.3 is 0 Å². The van der Waals surface area contributed by atoms with E-state index in [0.29, 0.717) is 17.9 Å². The first-order valence-electron chi connectivity index (χ1n) is 11.8. The molecule has 0 atom stereocenters. The number of nitrogens with one attached hydrogen (secondary N) is 1. The smallest absolute Gasteiger partial charge is 0.178 e. The second-order valence-corrected chi connectivity index (χ2v) is 11.1. The maximum absolute atomic E-state index is 12.1. The summed E-state index contributed by atoms with van der Waals surface area (Å²) in [7, 11) is -1.14. The molecule has 0 aliphatic carbocycles. The highest BCUT2D eigenvalue weighted by Crippen LogP contribution is 2.22. The maximum Gasteiger partial charge on any atom is 0.178 e. The van der Waals surface area contributed by atoms with E-state index in [0.717, 1.165) is 48.9 Å². The van der Waals surface area contributed by atoms with Gasteiger partial charge in [0.05, 0.1) is 10.6 Å². The largest absolute Gasteiger partial charge is 0.378 e. The molecule has 9 heteroatoms. The van der Waals surface area contributed by atoms with E-state index in [2.05, 4.69) is 51.5 Å². The summed E-state index contributed by atoms with van der Waals surface area (Å²) in [6, 6.07) is 19.5. The van der Waals surface area contributed by atoms with Crippen LogP contribution in [0.15, 0.2) is 71.8 Å². The Hall–Kier alpha value is -3.43. The number of hydrogen-bond acceptors (Lipinski definition) is 7. The Morgan fingerprint density at radius 1 is 0.971 bits per heavy atom. The molecule has 2 aromatic carbocycles. The summed E-state index contributed by atoms with van der Waals surface area (Å²) in [6.45, 7) is 4.58. The fraction of sp³-hybridized carbons (Fsp3) is 0.308. The predicted molar refractivity (Wildman–Crippen MR) is 139 cm³/mol. The van der Waals surface area contributed by atoms with Crippen molar-refractivity contribution < 1.29 is 8.42 Å². The molecule has 2 aromatic heterocycles. The van der Waals surface area contributed by atoms with Gasteiger partial charge in [0.15, 0.2) is 21.3 Å². The van der Waals surface area contributed by atoms with Gasteiger partial charge in [-0.15, -0.1) is 0 Å². The number of hydrogen-bond donors (Lipinski definition) is 1. The third-order valence-electron chi connectivity index (χ3n) is 6.39. The molecule has 1 aliphatic heterocycles. The minimum atomic E-state index is -3.30. The highest BCUT2D eigenvalue weighted by Gasteiger charge is 2.16. The molecule has 0 bridgehead atoms. The zero-order valence-corrected chi connectivity index (χ0v) is 20.9. The van der Waals surface area contributed by atoms with Gasteiger partial charge in [0.2, 0.25) is 0 Å². The van der Waals surface area contributed by atoms with E-state index in [4.69, 9.17) is 4.98 Å².